The van der Waals surface area contributed by atoms with Crippen LogP contribution in [-0.2, 0) is 4.74 Å². The molecule has 2 amide bonds. The number of carbonyl (C=O) groups excluding carboxylic acids is 1. The first-order chi connectivity index (χ1) is 9.21. The average molecular weight is 285 g/mol. The summed E-state index contributed by atoms with van der Waals surface area (Å²) in [5.74, 6) is 0.418. The maximum atomic E-state index is 12.0. The van der Waals surface area contributed by atoms with Crippen molar-refractivity contribution >= 4 is 6.03 Å². The third-order valence-electron chi connectivity index (χ3n) is 3.81. The predicted molar refractivity (Wildman–Crippen MR) is 81.9 cm³/mol. The van der Waals surface area contributed by atoms with Crippen molar-refractivity contribution in [2.45, 2.75) is 33.3 Å². The number of ether oxygens (including phenoxy) is 1. The second-order valence-electron chi connectivity index (χ2n) is 7.12. The predicted octanol–water partition coefficient (Wildman–Crippen LogP) is 1.64. The van der Waals surface area contributed by atoms with E-state index in [-0.39, 0.29) is 17.6 Å². The van der Waals surface area contributed by atoms with E-state index in [1.807, 2.05) is 21.1 Å². The summed E-state index contributed by atoms with van der Waals surface area (Å²) < 4.78 is 5.83. The van der Waals surface area contributed by atoms with Gasteiger partial charge in [-0.05, 0) is 25.9 Å². The highest BCUT2D eigenvalue weighted by Crippen LogP contribution is 2.34. The molecule has 1 fully saturated rings. The summed E-state index contributed by atoms with van der Waals surface area (Å²) in [6, 6.07) is 0.00593. The van der Waals surface area contributed by atoms with Gasteiger partial charge in [0.05, 0.1) is 6.10 Å². The number of rotatable bonds is 5. The number of likely N-dealkylation sites (N-methyl/N-ethyl adjacent to an activating group) is 2. The Labute approximate surface area is 123 Å². The van der Waals surface area contributed by atoms with Gasteiger partial charge in [0.25, 0.3) is 0 Å². The first-order valence-electron chi connectivity index (χ1n) is 7.47. The van der Waals surface area contributed by atoms with Crippen molar-refractivity contribution in [3.8, 4) is 0 Å². The summed E-state index contributed by atoms with van der Waals surface area (Å²) in [6.45, 7) is 9.71. The van der Waals surface area contributed by atoms with E-state index in [4.69, 9.17) is 4.74 Å². The molecule has 0 aromatic heterocycles. The fraction of sp³-hybridized carbons (Fsp3) is 0.933. The summed E-state index contributed by atoms with van der Waals surface area (Å²) in [5.41, 5.74) is 0.128. The maximum absolute atomic E-state index is 12.0. The Morgan fingerprint density at radius 3 is 2.45 bits per heavy atom. The molecule has 1 heterocycles. The molecule has 0 bridgehead atoms. The lowest BCUT2D eigenvalue weighted by Gasteiger charge is -2.31. The molecule has 5 nitrogen and oxygen atoms in total. The smallest absolute Gasteiger partial charge is 0.317 e. The molecule has 0 radical (unpaired) electrons. The molecule has 0 aromatic carbocycles. The first kappa shape index (κ1) is 17.2. The maximum Gasteiger partial charge on any atom is 0.317 e. The molecule has 5 heteroatoms. The van der Waals surface area contributed by atoms with Gasteiger partial charge in [-0.15, -0.1) is 0 Å². The van der Waals surface area contributed by atoms with E-state index in [2.05, 4.69) is 31.0 Å². The largest absolute Gasteiger partial charge is 0.377 e. The lowest BCUT2D eigenvalue weighted by atomic mass is 9.81. The topological polar surface area (TPSA) is 44.8 Å². The molecule has 0 spiro atoms. The van der Waals surface area contributed by atoms with Crippen LogP contribution < -0.4 is 5.32 Å². The van der Waals surface area contributed by atoms with Gasteiger partial charge in [0.1, 0.15) is 0 Å². The van der Waals surface area contributed by atoms with Crippen molar-refractivity contribution in [3.05, 3.63) is 0 Å². The third kappa shape index (κ3) is 5.29. The van der Waals surface area contributed by atoms with Crippen LogP contribution in [0.2, 0.25) is 0 Å². The van der Waals surface area contributed by atoms with Crippen molar-refractivity contribution in [2.24, 2.45) is 11.3 Å². The zero-order valence-corrected chi connectivity index (χ0v) is 13.9. The Kier molecular flexibility index (Phi) is 6.27. The molecule has 2 atom stereocenters. The average Bonchev–Trinajstić information content (AvgIpc) is 2.81. The van der Waals surface area contributed by atoms with Crippen LogP contribution in [0, 0.1) is 11.3 Å². The fourth-order valence-electron chi connectivity index (χ4n) is 2.60. The van der Waals surface area contributed by atoms with Crippen LogP contribution in [0.5, 0.6) is 0 Å². The molecule has 1 aliphatic rings. The van der Waals surface area contributed by atoms with E-state index in [0.29, 0.717) is 12.5 Å². The molecule has 118 valence electrons. The van der Waals surface area contributed by atoms with Crippen LogP contribution in [0.3, 0.4) is 0 Å². The monoisotopic (exact) mass is 285 g/mol. The van der Waals surface area contributed by atoms with Crippen molar-refractivity contribution in [3.63, 3.8) is 0 Å². The second-order valence-corrected chi connectivity index (χ2v) is 7.12. The van der Waals surface area contributed by atoms with Gasteiger partial charge in [-0.2, -0.15) is 0 Å². The van der Waals surface area contributed by atoms with E-state index < -0.39 is 0 Å². The molecular weight excluding hydrogens is 254 g/mol. The van der Waals surface area contributed by atoms with Gasteiger partial charge in [-0.3, -0.25) is 0 Å². The van der Waals surface area contributed by atoms with Gasteiger partial charge in [0, 0.05) is 39.2 Å². The second kappa shape index (κ2) is 7.27. The fourth-order valence-corrected chi connectivity index (χ4v) is 2.60. The Morgan fingerprint density at radius 2 is 1.90 bits per heavy atom. The van der Waals surface area contributed by atoms with Gasteiger partial charge >= 0.3 is 6.03 Å². The quantitative estimate of drug-likeness (QED) is 0.835. The van der Waals surface area contributed by atoms with Crippen LogP contribution in [0.1, 0.15) is 27.2 Å². The van der Waals surface area contributed by atoms with Crippen LogP contribution in [-0.4, -0.2) is 69.3 Å². The number of nitrogens with zero attached hydrogens (tertiary/aromatic N) is 2. The molecule has 1 rings (SSSR count). The van der Waals surface area contributed by atoms with E-state index in [1.165, 1.54) is 0 Å². The summed E-state index contributed by atoms with van der Waals surface area (Å²) in [5, 5.41) is 3.04. The zero-order valence-electron chi connectivity index (χ0n) is 13.9. The number of hydrogen-bond acceptors (Lipinski definition) is 3. The van der Waals surface area contributed by atoms with E-state index in [9.17, 15) is 4.79 Å². The van der Waals surface area contributed by atoms with Gasteiger partial charge < -0.3 is 19.9 Å². The van der Waals surface area contributed by atoms with Gasteiger partial charge in [0.2, 0.25) is 0 Å². The van der Waals surface area contributed by atoms with Crippen LogP contribution in [0.15, 0.2) is 0 Å². The summed E-state index contributed by atoms with van der Waals surface area (Å²) >= 11 is 0. The normalized spacial score (nSPS) is 23.1. The molecule has 0 unspecified atom stereocenters. The molecule has 1 aliphatic heterocycles. The molecule has 1 N–H and O–H groups in total. The summed E-state index contributed by atoms with van der Waals surface area (Å²) in [6.07, 6.45) is 1.26. The van der Waals surface area contributed by atoms with Crippen LogP contribution in [0.25, 0.3) is 0 Å². The van der Waals surface area contributed by atoms with E-state index in [1.54, 1.807) is 4.90 Å². The highest BCUT2D eigenvalue weighted by molar-refractivity contribution is 5.73. The van der Waals surface area contributed by atoms with E-state index in [0.717, 1.165) is 26.1 Å². The lowest BCUT2D eigenvalue weighted by Crippen LogP contribution is -2.44. The van der Waals surface area contributed by atoms with Gasteiger partial charge in [-0.25, -0.2) is 4.79 Å². The van der Waals surface area contributed by atoms with Crippen molar-refractivity contribution in [1.29, 1.82) is 0 Å². The minimum atomic E-state index is 0.00593. The van der Waals surface area contributed by atoms with Crippen LogP contribution >= 0.6 is 0 Å². The van der Waals surface area contributed by atoms with E-state index >= 15 is 0 Å². The SMILES string of the molecule is CN(C)CCN(C)C(=O)NC[C@H]1CCO[C@@H]1C(C)(C)C. The minimum absolute atomic E-state index is 0.00593. The highest BCUT2D eigenvalue weighted by atomic mass is 16.5. The minimum Gasteiger partial charge on any atom is -0.377 e. The number of amides is 2. The molecule has 0 saturated carbocycles. The summed E-state index contributed by atoms with van der Waals surface area (Å²) in [4.78, 5) is 15.8. The van der Waals surface area contributed by atoms with Gasteiger partial charge in [-0.1, -0.05) is 20.8 Å². The third-order valence-corrected chi connectivity index (χ3v) is 3.81. The standard InChI is InChI=1S/C15H31N3O2/c1-15(2,3)13-12(7-10-20-13)11-16-14(19)18(6)9-8-17(4)5/h12-13H,7-11H2,1-6H3,(H,16,19)/t12-,13+/m1/s1. The van der Waals surface area contributed by atoms with Crippen molar-refractivity contribution < 1.29 is 9.53 Å². The summed E-state index contributed by atoms with van der Waals surface area (Å²) in [7, 11) is 5.86. The van der Waals surface area contributed by atoms with Crippen molar-refractivity contribution in [2.75, 3.05) is 47.4 Å². The zero-order chi connectivity index (χ0) is 15.3. The first-order valence-corrected chi connectivity index (χ1v) is 7.47. The number of urea groups is 1. The Hall–Kier alpha value is -0.810. The number of carbonyl (C=O) groups is 1. The molecular formula is C15H31N3O2. The van der Waals surface area contributed by atoms with Gasteiger partial charge in [0.15, 0.2) is 0 Å². The Bertz CT molecular complexity index is 313. The molecule has 0 aromatic rings. The Balaban J connectivity index is 2.36. The molecule has 0 aliphatic carbocycles. The number of nitrogens with one attached hydrogen (secondary N) is 1. The number of hydrogen-bond donors (Lipinski definition) is 1. The van der Waals surface area contributed by atoms with Crippen molar-refractivity contribution in [1.82, 2.24) is 15.1 Å². The lowest BCUT2D eigenvalue weighted by molar-refractivity contribution is 0.00758. The highest BCUT2D eigenvalue weighted by Gasteiger charge is 2.37. The van der Waals surface area contributed by atoms with Crippen LogP contribution in [0.4, 0.5) is 4.79 Å². The molecule has 1 saturated heterocycles. The molecule has 20 heavy (non-hydrogen) atoms. The Morgan fingerprint density at radius 1 is 1.25 bits per heavy atom.